The van der Waals surface area contributed by atoms with Crippen LogP contribution < -0.4 is 24.8 Å². The van der Waals surface area contributed by atoms with Gasteiger partial charge in [0.05, 0.1) is 30.9 Å². The summed E-state index contributed by atoms with van der Waals surface area (Å²) in [6.45, 7) is 4.71. The molecule has 0 aliphatic carbocycles. The van der Waals surface area contributed by atoms with Crippen molar-refractivity contribution in [2.75, 3.05) is 33.4 Å². The molecule has 1 saturated heterocycles. The second-order valence-electron chi connectivity index (χ2n) is 11.0. The monoisotopic (exact) mass is 615 g/mol. The van der Waals surface area contributed by atoms with Gasteiger partial charge in [-0.1, -0.05) is 35.9 Å². The van der Waals surface area contributed by atoms with Crippen molar-refractivity contribution < 1.29 is 23.8 Å². The van der Waals surface area contributed by atoms with Crippen LogP contribution in [0.3, 0.4) is 0 Å². The molecule has 11 heteroatoms. The minimum atomic E-state index is -0.344. The van der Waals surface area contributed by atoms with Crippen molar-refractivity contribution >= 4 is 23.4 Å². The minimum Gasteiger partial charge on any atom is -0.493 e. The lowest BCUT2D eigenvalue weighted by Crippen LogP contribution is -2.45. The van der Waals surface area contributed by atoms with Gasteiger partial charge in [-0.25, -0.2) is 0 Å². The number of likely N-dealkylation sites (tertiary alicyclic amines) is 1. The van der Waals surface area contributed by atoms with E-state index in [4.69, 9.17) is 25.8 Å². The summed E-state index contributed by atoms with van der Waals surface area (Å²) in [5.74, 6) is 1.23. The lowest BCUT2D eigenvalue weighted by molar-refractivity contribution is -0.123. The molecule has 4 heterocycles. The zero-order valence-corrected chi connectivity index (χ0v) is 25.3. The highest BCUT2D eigenvalue weighted by Crippen LogP contribution is 2.32. The Morgan fingerprint density at radius 3 is 2.75 bits per heavy atom. The van der Waals surface area contributed by atoms with E-state index >= 15 is 0 Å². The molecular weight excluding hydrogens is 582 g/mol. The Hall–Kier alpha value is -4.54. The van der Waals surface area contributed by atoms with Crippen LogP contribution in [0.4, 0.5) is 0 Å². The number of carbonyl (C=O) groups excluding carboxylic acids is 2. The Bertz CT molecular complexity index is 1670. The van der Waals surface area contributed by atoms with E-state index in [9.17, 15) is 9.59 Å². The molecule has 228 valence electrons. The summed E-state index contributed by atoms with van der Waals surface area (Å²) in [6.07, 6.45) is 3.06. The molecule has 3 aliphatic heterocycles. The predicted molar refractivity (Wildman–Crippen MR) is 166 cm³/mol. The standard InChI is InChI=1S/C33H34ClN5O5/c1-21-6-8-24-14-27(21)23-4-3-5-26(13-23)43-20-32(40)35-15-22-7-9-29(30(12-22)42-2)44-31-19-38(18-28(31)37-33(24)41)10-11-39-17-25(34)16-36-39/h3-9,12-14,16-17,28,31H,10-11,15,18-20H2,1-2H3,(H,35,40)(H,37,41)/t28-,31-/m0/s1. The summed E-state index contributed by atoms with van der Waals surface area (Å²) in [5, 5.41) is 11.0. The fourth-order valence-electron chi connectivity index (χ4n) is 5.56. The summed E-state index contributed by atoms with van der Waals surface area (Å²) >= 11 is 6.05. The van der Waals surface area contributed by atoms with Crippen molar-refractivity contribution in [3.63, 3.8) is 0 Å². The molecule has 44 heavy (non-hydrogen) atoms. The number of nitrogens with one attached hydrogen (secondary N) is 2. The lowest BCUT2D eigenvalue weighted by atomic mass is 9.97. The third-order valence-electron chi connectivity index (χ3n) is 7.92. The summed E-state index contributed by atoms with van der Waals surface area (Å²) in [5.41, 5.74) is 4.20. The van der Waals surface area contributed by atoms with Crippen LogP contribution in [0.5, 0.6) is 17.2 Å². The molecule has 4 aromatic rings. The SMILES string of the molecule is COc1cc2ccc1O[C@H]1CN(CCn3cc(Cl)cn3)C[C@@H]1NC(=O)c1ccc(C)c(c1)-c1cccc(c1)OCC(=O)NC2. The molecule has 2 amide bonds. The van der Waals surface area contributed by atoms with Crippen LogP contribution in [0, 0.1) is 6.92 Å². The summed E-state index contributed by atoms with van der Waals surface area (Å²) < 4.78 is 19.8. The van der Waals surface area contributed by atoms with E-state index in [1.165, 1.54) is 0 Å². The van der Waals surface area contributed by atoms with Gasteiger partial charge in [-0.15, -0.1) is 0 Å². The van der Waals surface area contributed by atoms with Gasteiger partial charge in [0.25, 0.3) is 11.8 Å². The number of methoxy groups -OCH3 is 1. The number of aryl methyl sites for hydroxylation is 1. The second-order valence-corrected chi connectivity index (χ2v) is 11.5. The van der Waals surface area contributed by atoms with Crippen LogP contribution >= 0.6 is 11.6 Å². The van der Waals surface area contributed by atoms with Crippen LogP contribution in [0.1, 0.15) is 21.5 Å². The Morgan fingerprint density at radius 1 is 1.05 bits per heavy atom. The number of fused-ring (bicyclic) bond motifs is 7. The first-order chi connectivity index (χ1) is 21.3. The summed E-state index contributed by atoms with van der Waals surface area (Å²) in [4.78, 5) is 28.5. The van der Waals surface area contributed by atoms with Crippen LogP contribution in [-0.2, 0) is 17.9 Å². The van der Waals surface area contributed by atoms with Crippen LogP contribution in [0.15, 0.2) is 73.1 Å². The van der Waals surface area contributed by atoms with E-state index in [1.54, 1.807) is 24.2 Å². The Labute approximate surface area is 260 Å². The first-order valence-electron chi connectivity index (χ1n) is 14.5. The number of benzene rings is 3. The molecule has 1 fully saturated rings. The molecule has 2 N–H and O–H groups in total. The molecule has 10 nitrogen and oxygen atoms in total. The van der Waals surface area contributed by atoms with Crippen molar-refractivity contribution in [2.24, 2.45) is 0 Å². The number of nitrogens with zero attached hydrogens (tertiary/aromatic N) is 3. The molecule has 1 aromatic heterocycles. The molecule has 6 bridgehead atoms. The van der Waals surface area contributed by atoms with E-state index in [0.29, 0.717) is 60.6 Å². The lowest BCUT2D eigenvalue weighted by Gasteiger charge is -2.23. The van der Waals surface area contributed by atoms with Crippen LogP contribution in [0.25, 0.3) is 11.1 Å². The number of halogens is 1. The van der Waals surface area contributed by atoms with Gasteiger partial charge in [-0.3, -0.25) is 19.2 Å². The highest BCUT2D eigenvalue weighted by Gasteiger charge is 2.36. The number of amides is 2. The highest BCUT2D eigenvalue weighted by molar-refractivity contribution is 6.30. The Morgan fingerprint density at radius 2 is 1.93 bits per heavy atom. The second kappa shape index (κ2) is 13.0. The molecular formula is C33H34ClN5O5. The number of ether oxygens (including phenoxy) is 3. The van der Waals surface area contributed by atoms with Crippen molar-refractivity contribution in [3.8, 4) is 28.4 Å². The number of rotatable bonds is 4. The summed E-state index contributed by atoms with van der Waals surface area (Å²) in [7, 11) is 1.58. The molecule has 2 atom stereocenters. The van der Waals surface area contributed by atoms with Gasteiger partial charge >= 0.3 is 0 Å². The molecule has 7 rings (SSSR count). The maximum Gasteiger partial charge on any atom is 0.258 e. The van der Waals surface area contributed by atoms with E-state index in [0.717, 1.165) is 22.3 Å². The number of hydrogen-bond donors (Lipinski definition) is 2. The predicted octanol–water partition coefficient (Wildman–Crippen LogP) is 4.09. The fourth-order valence-corrected chi connectivity index (χ4v) is 5.72. The summed E-state index contributed by atoms with van der Waals surface area (Å²) in [6, 6.07) is 18.5. The van der Waals surface area contributed by atoms with Gasteiger partial charge in [0.15, 0.2) is 18.1 Å². The minimum absolute atomic E-state index is 0.129. The largest absolute Gasteiger partial charge is 0.493 e. The van der Waals surface area contributed by atoms with E-state index < -0.39 is 0 Å². The Balaban J connectivity index is 1.31. The van der Waals surface area contributed by atoms with Gasteiger partial charge < -0.3 is 24.8 Å². The molecule has 3 aliphatic rings. The number of aromatic nitrogens is 2. The first kappa shape index (κ1) is 29.5. The molecule has 0 spiro atoms. The average Bonchev–Trinajstić information content (AvgIpc) is 3.62. The van der Waals surface area contributed by atoms with Crippen molar-refractivity contribution in [3.05, 3.63) is 94.8 Å². The third kappa shape index (κ3) is 6.82. The van der Waals surface area contributed by atoms with Gasteiger partial charge in [0, 0.05) is 37.9 Å². The van der Waals surface area contributed by atoms with E-state index in [1.807, 2.05) is 67.6 Å². The molecule has 0 radical (unpaired) electrons. The average molecular weight is 616 g/mol. The van der Waals surface area contributed by atoms with Gasteiger partial charge in [0.1, 0.15) is 11.9 Å². The smallest absolute Gasteiger partial charge is 0.258 e. The third-order valence-corrected chi connectivity index (χ3v) is 8.11. The molecule has 0 unspecified atom stereocenters. The normalized spacial score (nSPS) is 18.9. The Kier molecular flexibility index (Phi) is 8.72. The molecule has 3 aromatic carbocycles. The van der Waals surface area contributed by atoms with Crippen LogP contribution in [-0.4, -0.2) is 72.0 Å². The van der Waals surface area contributed by atoms with Crippen LogP contribution in [0.2, 0.25) is 5.02 Å². The maximum atomic E-state index is 13.7. The topological polar surface area (TPSA) is 107 Å². The zero-order chi connectivity index (χ0) is 30.6. The van der Waals surface area contributed by atoms with Gasteiger partial charge in [-0.2, -0.15) is 5.10 Å². The highest BCUT2D eigenvalue weighted by atomic mass is 35.5. The van der Waals surface area contributed by atoms with Gasteiger partial charge in [0.2, 0.25) is 0 Å². The van der Waals surface area contributed by atoms with Crippen molar-refractivity contribution in [1.29, 1.82) is 0 Å². The van der Waals surface area contributed by atoms with Crippen molar-refractivity contribution in [2.45, 2.75) is 32.2 Å². The maximum absolute atomic E-state index is 13.7. The quantitative estimate of drug-likeness (QED) is 0.356. The van der Waals surface area contributed by atoms with Crippen molar-refractivity contribution in [1.82, 2.24) is 25.3 Å². The van der Waals surface area contributed by atoms with Gasteiger partial charge in [-0.05, 0) is 65.6 Å². The van der Waals surface area contributed by atoms with E-state index in [2.05, 4.69) is 20.6 Å². The molecule has 0 saturated carbocycles. The van der Waals surface area contributed by atoms with E-state index in [-0.39, 0.29) is 30.6 Å². The zero-order valence-electron chi connectivity index (χ0n) is 24.6. The number of carbonyl (C=O) groups is 2. The first-order valence-corrected chi connectivity index (χ1v) is 14.9. The number of hydrogen-bond acceptors (Lipinski definition) is 7. The fraction of sp³-hybridized carbons (Fsp3) is 0.303.